The standard InChI is InChI=1S/C14H19NO2/c1-14(2,9-16)11-5-4-6-12-10(11)7-8-13(17)15(12)3/h4-6,16H,7-9H2,1-3H3. The Balaban J connectivity index is 2.55. The Bertz CT molecular complexity index is 452. The van der Waals surface area contributed by atoms with E-state index in [2.05, 4.69) is 6.07 Å². The van der Waals surface area contributed by atoms with Crippen LogP contribution >= 0.6 is 0 Å². The van der Waals surface area contributed by atoms with Crippen molar-refractivity contribution in [1.29, 1.82) is 0 Å². The Morgan fingerprint density at radius 3 is 2.71 bits per heavy atom. The molecule has 0 radical (unpaired) electrons. The summed E-state index contributed by atoms with van der Waals surface area (Å²) in [6.07, 6.45) is 1.33. The van der Waals surface area contributed by atoms with Crippen LogP contribution in [0.25, 0.3) is 0 Å². The predicted molar refractivity (Wildman–Crippen MR) is 68.3 cm³/mol. The van der Waals surface area contributed by atoms with E-state index in [9.17, 15) is 9.90 Å². The van der Waals surface area contributed by atoms with E-state index in [1.807, 2.05) is 33.0 Å². The van der Waals surface area contributed by atoms with Crippen LogP contribution in [0.15, 0.2) is 18.2 Å². The summed E-state index contributed by atoms with van der Waals surface area (Å²) in [5.74, 6) is 0.163. The highest BCUT2D eigenvalue weighted by Gasteiger charge is 2.28. The van der Waals surface area contributed by atoms with Crippen molar-refractivity contribution in [2.75, 3.05) is 18.6 Å². The second kappa shape index (κ2) is 4.15. The van der Waals surface area contributed by atoms with Gasteiger partial charge in [0.1, 0.15) is 0 Å². The van der Waals surface area contributed by atoms with Crippen LogP contribution in [0.3, 0.4) is 0 Å². The van der Waals surface area contributed by atoms with Crippen LogP contribution in [0.1, 0.15) is 31.4 Å². The second-order valence-corrected chi connectivity index (χ2v) is 5.30. The van der Waals surface area contributed by atoms with Gasteiger partial charge in [-0.15, -0.1) is 0 Å². The Morgan fingerprint density at radius 2 is 2.06 bits per heavy atom. The van der Waals surface area contributed by atoms with Crippen LogP contribution in [0.4, 0.5) is 5.69 Å². The average molecular weight is 233 g/mol. The molecule has 17 heavy (non-hydrogen) atoms. The molecule has 1 aliphatic heterocycles. The number of aliphatic hydroxyl groups is 1. The molecule has 0 atom stereocenters. The lowest BCUT2D eigenvalue weighted by Gasteiger charge is -2.32. The summed E-state index contributed by atoms with van der Waals surface area (Å²) in [4.78, 5) is 13.4. The maximum atomic E-state index is 11.7. The molecule has 1 heterocycles. The van der Waals surface area contributed by atoms with Crippen molar-refractivity contribution in [2.24, 2.45) is 0 Å². The molecule has 0 bridgehead atoms. The number of carbonyl (C=O) groups excluding carboxylic acids is 1. The number of aliphatic hydroxyl groups excluding tert-OH is 1. The summed E-state index contributed by atoms with van der Waals surface area (Å²) in [5, 5.41) is 9.49. The molecule has 0 aromatic heterocycles. The second-order valence-electron chi connectivity index (χ2n) is 5.30. The molecule has 1 aliphatic rings. The van der Waals surface area contributed by atoms with Gasteiger partial charge in [0.05, 0.1) is 6.61 Å². The van der Waals surface area contributed by atoms with Gasteiger partial charge in [-0.1, -0.05) is 26.0 Å². The van der Waals surface area contributed by atoms with Crippen molar-refractivity contribution in [3.63, 3.8) is 0 Å². The van der Waals surface area contributed by atoms with E-state index in [0.717, 1.165) is 17.7 Å². The van der Waals surface area contributed by atoms with Gasteiger partial charge < -0.3 is 10.0 Å². The maximum Gasteiger partial charge on any atom is 0.227 e. The highest BCUT2D eigenvalue weighted by atomic mass is 16.3. The first-order valence-corrected chi connectivity index (χ1v) is 5.97. The zero-order chi connectivity index (χ0) is 12.6. The molecule has 92 valence electrons. The normalized spacial score (nSPS) is 16.0. The highest BCUT2D eigenvalue weighted by Crippen LogP contribution is 2.35. The van der Waals surface area contributed by atoms with Crippen LogP contribution in [0, 0.1) is 0 Å². The summed E-state index contributed by atoms with van der Waals surface area (Å²) in [5.41, 5.74) is 3.08. The zero-order valence-corrected chi connectivity index (χ0v) is 10.7. The summed E-state index contributed by atoms with van der Waals surface area (Å²) < 4.78 is 0. The van der Waals surface area contributed by atoms with Crippen molar-refractivity contribution < 1.29 is 9.90 Å². The fraction of sp³-hybridized carbons (Fsp3) is 0.500. The molecule has 0 fully saturated rings. The van der Waals surface area contributed by atoms with Gasteiger partial charge in [0, 0.05) is 24.6 Å². The third kappa shape index (κ3) is 1.95. The predicted octanol–water partition coefficient (Wildman–Crippen LogP) is 1.87. The fourth-order valence-corrected chi connectivity index (χ4v) is 2.40. The SMILES string of the molecule is CN1C(=O)CCc2c1cccc2C(C)(C)CO. The quantitative estimate of drug-likeness (QED) is 0.847. The fourth-order valence-electron chi connectivity index (χ4n) is 2.40. The zero-order valence-electron chi connectivity index (χ0n) is 10.7. The molecule has 2 rings (SSSR count). The summed E-state index contributed by atoms with van der Waals surface area (Å²) in [7, 11) is 1.82. The Kier molecular flexibility index (Phi) is 2.96. The topological polar surface area (TPSA) is 40.5 Å². The van der Waals surface area contributed by atoms with Crippen LogP contribution in [0.2, 0.25) is 0 Å². The summed E-state index contributed by atoms with van der Waals surface area (Å²) >= 11 is 0. The first kappa shape index (κ1) is 12.1. The molecule has 0 saturated carbocycles. The van der Waals surface area contributed by atoms with Gasteiger partial charge in [-0.2, -0.15) is 0 Å². The number of amides is 1. The average Bonchev–Trinajstić information content (AvgIpc) is 2.33. The summed E-state index contributed by atoms with van der Waals surface area (Å²) in [6.45, 7) is 4.17. The smallest absolute Gasteiger partial charge is 0.227 e. The molecule has 0 aliphatic carbocycles. The number of anilines is 1. The van der Waals surface area contributed by atoms with Crippen LogP contribution in [0.5, 0.6) is 0 Å². The van der Waals surface area contributed by atoms with Gasteiger partial charge >= 0.3 is 0 Å². The van der Waals surface area contributed by atoms with Crippen LogP contribution < -0.4 is 4.90 Å². The minimum atomic E-state index is -0.257. The van der Waals surface area contributed by atoms with E-state index in [-0.39, 0.29) is 17.9 Å². The van der Waals surface area contributed by atoms with E-state index >= 15 is 0 Å². The largest absolute Gasteiger partial charge is 0.395 e. The molecular formula is C14H19NO2. The number of carbonyl (C=O) groups is 1. The minimum Gasteiger partial charge on any atom is -0.395 e. The van der Waals surface area contributed by atoms with Gasteiger partial charge in [0.25, 0.3) is 0 Å². The molecule has 0 unspecified atom stereocenters. The third-order valence-electron chi connectivity index (χ3n) is 3.60. The number of hydrogen-bond donors (Lipinski definition) is 1. The first-order valence-electron chi connectivity index (χ1n) is 5.97. The van der Waals surface area contributed by atoms with E-state index < -0.39 is 0 Å². The number of hydrogen-bond acceptors (Lipinski definition) is 2. The number of benzene rings is 1. The molecular weight excluding hydrogens is 214 g/mol. The van der Waals surface area contributed by atoms with Crippen LogP contribution in [-0.4, -0.2) is 24.7 Å². The number of rotatable bonds is 2. The first-order chi connectivity index (χ1) is 7.97. The van der Waals surface area contributed by atoms with Crippen molar-refractivity contribution in [1.82, 2.24) is 0 Å². The van der Waals surface area contributed by atoms with E-state index in [1.54, 1.807) is 4.90 Å². The minimum absolute atomic E-state index is 0.112. The van der Waals surface area contributed by atoms with Gasteiger partial charge in [-0.3, -0.25) is 4.79 Å². The monoisotopic (exact) mass is 233 g/mol. The van der Waals surface area contributed by atoms with Crippen LogP contribution in [-0.2, 0) is 16.6 Å². The Hall–Kier alpha value is -1.35. The molecule has 0 saturated heterocycles. The Morgan fingerprint density at radius 1 is 1.35 bits per heavy atom. The third-order valence-corrected chi connectivity index (χ3v) is 3.60. The molecule has 0 spiro atoms. The lowest BCUT2D eigenvalue weighted by Crippen LogP contribution is -2.33. The molecule has 3 heteroatoms. The molecule has 3 nitrogen and oxygen atoms in total. The lowest BCUT2D eigenvalue weighted by atomic mass is 9.80. The molecule has 1 aromatic rings. The van der Waals surface area contributed by atoms with Gasteiger partial charge in [0.15, 0.2) is 0 Å². The van der Waals surface area contributed by atoms with E-state index in [4.69, 9.17) is 0 Å². The summed E-state index contributed by atoms with van der Waals surface area (Å²) in [6, 6.07) is 5.99. The van der Waals surface area contributed by atoms with E-state index in [1.165, 1.54) is 5.56 Å². The number of fused-ring (bicyclic) bond motifs is 1. The van der Waals surface area contributed by atoms with Gasteiger partial charge in [0.2, 0.25) is 5.91 Å². The van der Waals surface area contributed by atoms with E-state index in [0.29, 0.717) is 6.42 Å². The number of nitrogens with zero attached hydrogens (tertiary/aromatic N) is 1. The van der Waals surface area contributed by atoms with Crippen molar-refractivity contribution in [3.05, 3.63) is 29.3 Å². The van der Waals surface area contributed by atoms with Crippen molar-refractivity contribution in [3.8, 4) is 0 Å². The molecule has 1 aromatic carbocycles. The van der Waals surface area contributed by atoms with Gasteiger partial charge in [-0.05, 0) is 23.6 Å². The van der Waals surface area contributed by atoms with Crippen molar-refractivity contribution >= 4 is 11.6 Å². The Labute approximate surface area is 102 Å². The van der Waals surface area contributed by atoms with Crippen molar-refractivity contribution in [2.45, 2.75) is 32.1 Å². The van der Waals surface area contributed by atoms with Gasteiger partial charge in [-0.25, -0.2) is 0 Å². The maximum absolute atomic E-state index is 11.7. The molecule has 1 amide bonds. The lowest BCUT2D eigenvalue weighted by molar-refractivity contribution is -0.118. The highest BCUT2D eigenvalue weighted by molar-refractivity contribution is 5.96. The molecule has 1 N–H and O–H groups in total.